The summed E-state index contributed by atoms with van der Waals surface area (Å²) in [6.45, 7) is 0. The van der Waals surface area contributed by atoms with Gasteiger partial charge in [0.1, 0.15) is 0 Å². The van der Waals surface area contributed by atoms with Gasteiger partial charge in [-0.05, 0) is 120 Å². The van der Waals surface area contributed by atoms with Crippen LogP contribution >= 0.6 is 0 Å². The van der Waals surface area contributed by atoms with Gasteiger partial charge in [-0.25, -0.2) is 15.0 Å². The van der Waals surface area contributed by atoms with E-state index in [0.717, 1.165) is 56.0 Å². The number of fused-ring (bicyclic) bond motifs is 15. The van der Waals surface area contributed by atoms with Gasteiger partial charge in [0.25, 0.3) is 0 Å². The fourth-order valence-electron chi connectivity index (χ4n) is 12.9. The van der Waals surface area contributed by atoms with Crippen LogP contribution in [0.15, 0.2) is 279 Å². The molecule has 0 amide bonds. The zero-order valence-electron chi connectivity index (χ0n) is 40.8. The van der Waals surface area contributed by atoms with Crippen LogP contribution in [0.1, 0.15) is 44.5 Å². The van der Waals surface area contributed by atoms with E-state index in [4.69, 9.17) is 15.0 Å². The van der Waals surface area contributed by atoms with Crippen molar-refractivity contribution in [1.82, 2.24) is 15.0 Å². The average molecular weight is 955 g/mol. The Balaban J connectivity index is 0.966. The Morgan fingerprint density at radius 1 is 0.227 bits per heavy atom. The van der Waals surface area contributed by atoms with Crippen molar-refractivity contribution in [2.75, 3.05) is 4.90 Å². The number of aromatic nitrogens is 3. The number of hydrogen-bond acceptors (Lipinski definition) is 4. The molecule has 0 unspecified atom stereocenters. The van der Waals surface area contributed by atoms with Gasteiger partial charge in [-0.3, -0.25) is 0 Å². The Morgan fingerprint density at radius 2 is 0.587 bits per heavy atom. The third kappa shape index (κ3) is 6.33. The number of benzene rings is 11. The minimum Gasteiger partial charge on any atom is -0.310 e. The molecule has 4 heteroatoms. The monoisotopic (exact) mass is 954 g/mol. The van der Waals surface area contributed by atoms with Gasteiger partial charge in [-0.2, -0.15) is 0 Å². The summed E-state index contributed by atoms with van der Waals surface area (Å²) in [6.07, 6.45) is 0. The van der Waals surface area contributed by atoms with E-state index in [1.54, 1.807) is 0 Å². The van der Waals surface area contributed by atoms with E-state index < -0.39 is 10.8 Å². The smallest absolute Gasteiger partial charge is 0.164 e. The van der Waals surface area contributed by atoms with Crippen molar-refractivity contribution in [3.63, 3.8) is 0 Å². The molecule has 1 aromatic heterocycles. The number of anilines is 3. The van der Waals surface area contributed by atoms with Gasteiger partial charge in [0, 0.05) is 22.4 Å². The highest BCUT2D eigenvalue weighted by atomic mass is 15.2. The van der Waals surface area contributed by atoms with Crippen LogP contribution in [-0.4, -0.2) is 15.0 Å². The van der Waals surface area contributed by atoms with Crippen LogP contribution in [0.25, 0.3) is 67.5 Å². The van der Waals surface area contributed by atoms with E-state index in [9.17, 15) is 0 Å². The van der Waals surface area contributed by atoms with Gasteiger partial charge >= 0.3 is 0 Å². The summed E-state index contributed by atoms with van der Waals surface area (Å²) < 4.78 is 0. The van der Waals surface area contributed by atoms with E-state index in [-0.39, 0.29) is 0 Å². The molecule has 0 saturated carbocycles. The van der Waals surface area contributed by atoms with Crippen molar-refractivity contribution in [3.05, 3.63) is 324 Å². The van der Waals surface area contributed by atoms with E-state index >= 15 is 0 Å². The number of rotatable bonds is 6. The summed E-state index contributed by atoms with van der Waals surface area (Å²) in [4.78, 5) is 18.1. The Labute approximate surface area is 436 Å². The molecule has 75 heavy (non-hydrogen) atoms. The molecule has 0 fully saturated rings. The minimum absolute atomic E-state index is 0.548. The van der Waals surface area contributed by atoms with E-state index in [1.807, 2.05) is 24.3 Å². The molecule has 0 bridgehead atoms. The predicted molar refractivity (Wildman–Crippen MR) is 304 cm³/mol. The quantitative estimate of drug-likeness (QED) is 0.167. The molecule has 0 saturated heterocycles. The number of nitrogens with zero attached hydrogens (tertiary/aromatic N) is 4. The van der Waals surface area contributed by atoms with Crippen LogP contribution in [0.5, 0.6) is 0 Å². The highest BCUT2D eigenvalue weighted by Gasteiger charge is 2.58. The lowest BCUT2D eigenvalue weighted by molar-refractivity contribution is 0.619. The van der Waals surface area contributed by atoms with Gasteiger partial charge in [-0.1, -0.05) is 237 Å². The van der Waals surface area contributed by atoms with Crippen LogP contribution in [0.2, 0.25) is 0 Å². The second-order valence-electron chi connectivity index (χ2n) is 19.8. The molecular weight excluding hydrogens is 909 g/mol. The molecule has 0 atom stereocenters. The van der Waals surface area contributed by atoms with Crippen molar-refractivity contribution in [2.24, 2.45) is 0 Å². The molecule has 15 rings (SSSR count). The summed E-state index contributed by atoms with van der Waals surface area (Å²) >= 11 is 0. The molecule has 3 aliphatic rings. The first-order chi connectivity index (χ1) is 37.2. The predicted octanol–water partition coefficient (Wildman–Crippen LogP) is 17.0. The van der Waals surface area contributed by atoms with Crippen LogP contribution in [-0.2, 0) is 10.8 Å². The molecule has 12 aromatic rings. The summed E-state index contributed by atoms with van der Waals surface area (Å²) in [5, 5.41) is 0. The Hall–Kier alpha value is -9.77. The van der Waals surface area contributed by atoms with Crippen molar-refractivity contribution in [2.45, 2.75) is 10.8 Å². The lowest BCUT2D eigenvalue weighted by Crippen LogP contribution is -2.47. The standard InChI is InChI=1S/C71H46N4/c1-4-22-47(23-5-1)49-26-20-28-52(44-49)68-72-67(48-24-6-2-7-25-48)73-69(74-68)53-29-21-27-50(45-53)51-42-43-66-64(46-51)71(63-40-18-19-41-65(63)75(66)54-30-8-3-9-31-54)61-38-16-14-36-59(61)70(60-37-15-17-39-62(60)71)57-34-12-10-32-55(57)56-33-11-13-35-58(56)70/h1-46H. The topological polar surface area (TPSA) is 41.9 Å². The highest BCUT2D eigenvalue weighted by Crippen LogP contribution is 2.67. The first-order valence-electron chi connectivity index (χ1n) is 25.8. The molecular formula is C71H46N4. The van der Waals surface area contributed by atoms with Gasteiger partial charge in [0.2, 0.25) is 0 Å². The zero-order valence-corrected chi connectivity index (χ0v) is 40.8. The van der Waals surface area contributed by atoms with E-state index in [0.29, 0.717) is 17.5 Å². The number of hydrogen-bond donors (Lipinski definition) is 0. The largest absolute Gasteiger partial charge is 0.310 e. The first-order valence-corrected chi connectivity index (χ1v) is 25.8. The second kappa shape index (κ2) is 16.9. The van der Waals surface area contributed by atoms with E-state index in [2.05, 4.69) is 260 Å². The highest BCUT2D eigenvalue weighted by molar-refractivity contribution is 5.95. The molecule has 4 nitrogen and oxygen atoms in total. The molecule has 2 spiro atoms. The maximum atomic E-state index is 5.26. The molecule has 350 valence electrons. The summed E-state index contributed by atoms with van der Waals surface area (Å²) in [5.74, 6) is 1.86. The van der Waals surface area contributed by atoms with Crippen molar-refractivity contribution in [3.8, 4) is 67.5 Å². The third-order valence-corrected chi connectivity index (χ3v) is 16.0. The maximum Gasteiger partial charge on any atom is 0.164 e. The summed E-state index contributed by atoms with van der Waals surface area (Å²) in [5.41, 5.74) is 22.2. The summed E-state index contributed by atoms with van der Waals surface area (Å²) in [7, 11) is 0. The van der Waals surface area contributed by atoms with Gasteiger partial charge < -0.3 is 4.90 Å². The van der Waals surface area contributed by atoms with Gasteiger partial charge in [0.05, 0.1) is 22.2 Å². The fraction of sp³-hybridized carbons (Fsp3) is 0.0282. The Kier molecular flexibility index (Phi) is 9.67. The van der Waals surface area contributed by atoms with E-state index in [1.165, 1.54) is 55.6 Å². The second-order valence-corrected chi connectivity index (χ2v) is 19.8. The number of para-hydroxylation sites is 2. The van der Waals surface area contributed by atoms with Crippen LogP contribution in [0.4, 0.5) is 17.1 Å². The Morgan fingerprint density at radius 3 is 1.13 bits per heavy atom. The van der Waals surface area contributed by atoms with Crippen LogP contribution < -0.4 is 4.90 Å². The van der Waals surface area contributed by atoms with Crippen LogP contribution in [0.3, 0.4) is 0 Å². The average Bonchev–Trinajstić information content (AvgIpc) is 4.07. The maximum absolute atomic E-state index is 5.26. The van der Waals surface area contributed by atoms with Crippen LogP contribution in [0, 0.1) is 0 Å². The molecule has 1 aliphatic heterocycles. The Bertz CT molecular complexity index is 4110. The lowest BCUT2D eigenvalue weighted by atomic mass is 9.50. The van der Waals surface area contributed by atoms with Gasteiger partial charge in [-0.15, -0.1) is 0 Å². The normalized spacial score (nSPS) is 13.8. The summed E-state index contributed by atoms with van der Waals surface area (Å²) in [6, 6.07) is 102. The molecule has 0 radical (unpaired) electrons. The minimum atomic E-state index is -0.724. The molecule has 2 aliphatic carbocycles. The third-order valence-electron chi connectivity index (χ3n) is 16.0. The van der Waals surface area contributed by atoms with Crippen molar-refractivity contribution >= 4 is 17.1 Å². The van der Waals surface area contributed by atoms with Crippen molar-refractivity contribution < 1.29 is 0 Å². The van der Waals surface area contributed by atoms with Crippen molar-refractivity contribution in [1.29, 1.82) is 0 Å². The molecule has 0 N–H and O–H groups in total. The molecule has 2 heterocycles. The molecule has 11 aromatic carbocycles. The van der Waals surface area contributed by atoms with Gasteiger partial charge in [0.15, 0.2) is 17.5 Å². The lowest BCUT2D eigenvalue weighted by Gasteiger charge is -2.53. The zero-order chi connectivity index (χ0) is 49.5. The fourth-order valence-corrected chi connectivity index (χ4v) is 12.9. The SMILES string of the molecule is c1ccc(-c2cccc(-c3nc(-c4ccccc4)nc(-c4cccc(-c5ccc6c(c5)C5(c7ccccc7N6c6ccccc6)c6ccccc6C6(c7ccccc7-c7ccccc76)c6ccccc65)c4)n3)c2)cc1. The first kappa shape index (κ1) is 42.9.